The van der Waals surface area contributed by atoms with E-state index in [9.17, 15) is 26.7 Å². The second kappa shape index (κ2) is 6.49. The van der Waals surface area contributed by atoms with Crippen LogP contribution in [0.15, 0.2) is 65.6 Å². The first kappa shape index (κ1) is 18.0. The lowest BCUT2D eigenvalue weighted by Gasteiger charge is -2.07. The number of benzene rings is 2. The summed E-state index contributed by atoms with van der Waals surface area (Å²) in [4.78, 5) is -0.139. The van der Waals surface area contributed by atoms with Gasteiger partial charge in [-0.25, -0.2) is 13.1 Å². The van der Waals surface area contributed by atoms with Crippen LogP contribution in [0.3, 0.4) is 0 Å². The number of para-hydroxylation sites is 1. The number of aromatic nitrogens is 2. The number of hydrogen-bond acceptors (Lipinski definition) is 4. The van der Waals surface area contributed by atoms with Gasteiger partial charge in [-0.1, -0.05) is 36.4 Å². The molecule has 0 bridgehead atoms. The van der Waals surface area contributed by atoms with Crippen molar-refractivity contribution in [2.45, 2.75) is 16.8 Å². The molecule has 0 aliphatic carbocycles. The van der Waals surface area contributed by atoms with E-state index in [1.54, 1.807) is 24.3 Å². The van der Waals surface area contributed by atoms with Crippen LogP contribution in [0.4, 0.5) is 13.2 Å². The Labute approximate surface area is 147 Å². The van der Waals surface area contributed by atoms with Crippen LogP contribution in [-0.2, 0) is 21.8 Å². The van der Waals surface area contributed by atoms with Crippen molar-refractivity contribution in [3.05, 3.63) is 71.9 Å². The Hall–Kier alpha value is -2.81. The molecule has 0 saturated carbocycles. The van der Waals surface area contributed by atoms with E-state index in [1.165, 1.54) is 36.4 Å². The fourth-order valence-corrected chi connectivity index (χ4v) is 3.84. The van der Waals surface area contributed by atoms with Gasteiger partial charge in [0.15, 0.2) is 15.5 Å². The van der Waals surface area contributed by atoms with Crippen molar-refractivity contribution in [3.63, 3.8) is 0 Å². The van der Waals surface area contributed by atoms with Gasteiger partial charge in [0.1, 0.15) is 0 Å². The topological polar surface area (TPSA) is 72.2 Å². The summed E-state index contributed by atoms with van der Waals surface area (Å²) in [6.07, 6.45) is -4.92. The van der Waals surface area contributed by atoms with E-state index < -0.39 is 38.9 Å². The highest BCUT2D eigenvalue weighted by atomic mass is 32.2. The third kappa shape index (κ3) is 3.43. The quantitative estimate of drug-likeness (QED) is 0.749. The molecule has 5 nitrogen and oxygen atoms in total. The zero-order valence-electron chi connectivity index (χ0n) is 13.2. The average Bonchev–Trinajstić information content (AvgIpc) is 2.93. The molecule has 0 atom stereocenters. The summed E-state index contributed by atoms with van der Waals surface area (Å²) in [5, 5.41) is 13.7. The van der Waals surface area contributed by atoms with Crippen molar-refractivity contribution in [2.24, 2.45) is 0 Å². The van der Waals surface area contributed by atoms with Crippen molar-refractivity contribution < 1.29 is 26.7 Å². The lowest BCUT2D eigenvalue weighted by molar-refractivity contribution is -0.141. The van der Waals surface area contributed by atoms with Gasteiger partial charge in [-0.3, -0.25) is 0 Å². The Morgan fingerprint density at radius 2 is 1.50 bits per heavy atom. The van der Waals surface area contributed by atoms with Crippen LogP contribution in [-0.4, -0.2) is 23.3 Å². The van der Waals surface area contributed by atoms with Gasteiger partial charge >= 0.3 is 6.18 Å². The van der Waals surface area contributed by atoms with E-state index in [4.69, 9.17) is 0 Å². The minimum absolute atomic E-state index is 0.139. The molecule has 3 aromatic rings. The smallest absolute Gasteiger partial charge is 0.435 e. The van der Waals surface area contributed by atoms with E-state index in [0.29, 0.717) is 4.68 Å². The van der Waals surface area contributed by atoms with Gasteiger partial charge in [0.25, 0.3) is 0 Å². The van der Waals surface area contributed by atoms with Crippen molar-refractivity contribution in [2.75, 3.05) is 0 Å². The molecule has 0 aliphatic heterocycles. The fourth-order valence-electron chi connectivity index (χ4n) is 2.45. The summed E-state index contributed by atoms with van der Waals surface area (Å²) in [5.41, 5.74) is -2.04. The molecule has 0 spiro atoms. The average molecular weight is 382 g/mol. The van der Waals surface area contributed by atoms with Crippen LogP contribution in [0.5, 0.6) is 5.88 Å². The normalized spacial score (nSPS) is 12.3. The van der Waals surface area contributed by atoms with Crippen LogP contribution in [0, 0.1) is 0 Å². The third-order valence-corrected chi connectivity index (χ3v) is 5.32. The number of halogens is 3. The minimum Gasteiger partial charge on any atom is -0.493 e. The molecule has 1 N–H and O–H groups in total. The molecule has 2 aromatic carbocycles. The summed E-state index contributed by atoms with van der Waals surface area (Å²) in [6.45, 7) is 0. The number of rotatable bonds is 4. The Bertz CT molecular complexity index is 1010. The maximum atomic E-state index is 13.4. The predicted molar refractivity (Wildman–Crippen MR) is 87.6 cm³/mol. The Morgan fingerprint density at radius 1 is 0.962 bits per heavy atom. The second-order valence-corrected chi connectivity index (χ2v) is 7.46. The molecular formula is C17H13F3N2O3S. The molecule has 136 valence electrons. The molecule has 1 aromatic heterocycles. The highest BCUT2D eigenvalue weighted by Gasteiger charge is 2.41. The summed E-state index contributed by atoms with van der Waals surface area (Å²) < 4.78 is 65.7. The molecule has 0 radical (unpaired) electrons. The zero-order chi connectivity index (χ0) is 18.9. The van der Waals surface area contributed by atoms with E-state index in [-0.39, 0.29) is 10.6 Å². The minimum atomic E-state index is -4.92. The molecule has 26 heavy (non-hydrogen) atoms. The lowest BCUT2D eigenvalue weighted by Crippen LogP contribution is -2.12. The molecule has 0 fully saturated rings. The molecule has 9 heteroatoms. The third-order valence-electron chi connectivity index (χ3n) is 3.66. The van der Waals surface area contributed by atoms with Crippen molar-refractivity contribution in [3.8, 4) is 11.6 Å². The predicted octanol–water partition coefficient (Wildman–Crippen LogP) is 3.57. The van der Waals surface area contributed by atoms with Crippen LogP contribution in [0.25, 0.3) is 5.69 Å². The van der Waals surface area contributed by atoms with Gasteiger partial charge in [-0.15, -0.1) is 0 Å². The number of hydrogen-bond donors (Lipinski definition) is 1. The van der Waals surface area contributed by atoms with Crippen LogP contribution >= 0.6 is 0 Å². The van der Waals surface area contributed by atoms with E-state index in [0.717, 1.165) is 0 Å². The Morgan fingerprint density at radius 3 is 2.04 bits per heavy atom. The van der Waals surface area contributed by atoms with Gasteiger partial charge in [0, 0.05) is 0 Å². The maximum Gasteiger partial charge on any atom is 0.435 e. The maximum absolute atomic E-state index is 13.4. The number of aromatic hydroxyl groups is 1. The van der Waals surface area contributed by atoms with E-state index in [1.807, 2.05) is 0 Å². The molecule has 0 amide bonds. The largest absolute Gasteiger partial charge is 0.493 e. The molecule has 0 unspecified atom stereocenters. The summed E-state index contributed by atoms with van der Waals surface area (Å²) in [5.74, 6) is -1.88. The Balaban J connectivity index is 2.13. The Kier molecular flexibility index (Phi) is 4.49. The highest BCUT2D eigenvalue weighted by molar-refractivity contribution is 7.90. The highest BCUT2D eigenvalue weighted by Crippen LogP contribution is 2.38. The van der Waals surface area contributed by atoms with Gasteiger partial charge in [-0.05, 0) is 24.3 Å². The van der Waals surface area contributed by atoms with Gasteiger partial charge in [0.05, 0.1) is 21.9 Å². The van der Waals surface area contributed by atoms with Crippen molar-refractivity contribution >= 4 is 9.84 Å². The first-order chi connectivity index (χ1) is 12.2. The zero-order valence-corrected chi connectivity index (χ0v) is 14.0. The summed E-state index contributed by atoms with van der Waals surface area (Å²) in [7, 11) is -4.10. The lowest BCUT2D eigenvalue weighted by atomic mass is 10.2. The molecule has 0 aliphatic rings. The van der Waals surface area contributed by atoms with E-state index in [2.05, 4.69) is 5.10 Å². The molecule has 1 heterocycles. The number of nitrogens with zero attached hydrogens (tertiary/aromatic N) is 2. The number of alkyl halides is 3. The van der Waals surface area contributed by atoms with Gasteiger partial charge in [0.2, 0.25) is 5.88 Å². The summed E-state index contributed by atoms with van der Waals surface area (Å²) in [6, 6.07) is 14.7. The van der Waals surface area contributed by atoms with Crippen molar-refractivity contribution in [1.29, 1.82) is 0 Å². The fraction of sp³-hybridized carbons (Fsp3) is 0.118. The molecular weight excluding hydrogens is 369 g/mol. The van der Waals surface area contributed by atoms with Crippen molar-refractivity contribution in [1.82, 2.24) is 9.78 Å². The first-order valence-corrected chi connectivity index (χ1v) is 9.06. The SMILES string of the molecule is O=S(=O)(Cc1c(C(F)(F)F)nn(-c2ccccc2)c1O)c1ccccc1. The molecule has 3 rings (SSSR count). The van der Waals surface area contributed by atoms with Crippen LogP contribution < -0.4 is 0 Å². The summed E-state index contributed by atoms with van der Waals surface area (Å²) >= 11 is 0. The van der Waals surface area contributed by atoms with Crippen LogP contribution in [0.2, 0.25) is 0 Å². The second-order valence-electron chi connectivity index (χ2n) is 5.47. The number of sulfone groups is 1. The molecule has 0 saturated heterocycles. The monoisotopic (exact) mass is 382 g/mol. The van der Waals surface area contributed by atoms with Gasteiger partial charge < -0.3 is 5.11 Å². The van der Waals surface area contributed by atoms with Crippen LogP contribution in [0.1, 0.15) is 11.3 Å². The first-order valence-electron chi connectivity index (χ1n) is 7.41. The van der Waals surface area contributed by atoms with E-state index >= 15 is 0 Å². The standard InChI is InChI=1S/C17H13F3N2O3S/c18-17(19,20)15-14(11-26(24,25)13-9-5-2-6-10-13)16(23)22(21-15)12-7-3-1-4-8-12/h1-10,23H,11H2. The van der Waals surface area contributed by atoms with Gasteiger partial charge in [-0.2, -0.15) is 18.3 Å².